The number of carbonyl (C=O) groups is 1. The van der Waals surface area contributed by atoms with Gasteiger partial charge in [-0.1, -0.05) is 23.7 Å². The fraction of sp³-hybridized carbons (Fsp3) is 0.304. The molecule has 0 bridgehead atoms. The number of benzene rings is 2. The van der Waals surface area contributed by atoms with Crippen LogP contribution in [0.15, 0.2) is 47.5 Å². The SMILES string of the molecule is COc1ccc2c(c1)C(c1ccc(Cl)cc1)=NC(CC(=O)NC(C)C)c1nnc(C)n1-2. The lowest BCUT2D eigenvalue weighted by atomic mass is 10.00. The normalized spacial score (nSPS) is 15.0. The summed E-state index contributed by atoms with van der Waals surface area (Å²) in [7, 11) is 1.63. The van der Waals surface area contributed by atoms with Gasteiger partial charge in [-0.3, -0.25) is 14.4 Å². The molecule has 0 fully saturated rings. The highest BCUT2D eigenvalue weighted by atomic mass is 35.5. The predicted molar refractivity (Wildman–Crippen MR) is 120 cm³/mol. The minimum atomic E-state index is -0.496. The molecule has 2 aromatic carbocycles. The van der Waals surface area contributed by atoms with Gasteiger partial charge in [-0.15, -0.1) is 10.2 Å². The van der Waals surface area contributed by atoms with Gasteiger partial charge >= 0.3 is 0 Å². The van der Waals surface area contributed by atoms with Gasteiger partial charge in [-0.25, -0.2) is 0 Å². The summed E-state index contributed by atoms with van der Waals surface area (Å²) in [5, 5.41) is 12.2. The highest BCUT2D eigenvalue weighted by Gasteiger charge is 2.30. The maximum absolute atomic E-state index is 12.6. The van der Waals surface area contributed by atoms with Gasteiger partial charge in [0, 0.05) is 22.2 Å². The third-order valence-electron chi connectivity index (χ3n) is 5.08. The minimum Gasteiger partial charge on any atom is -0.497 e. The van der Waals surface area contributed by atoms with E-state index in [1.54, 1.807) is 7.11 Å². The molecule has 1 atom stereocenters. The Bertz CT molecular complexity index is 1150. The van der Waals surface area contributed by atoms with E-state index in [1.807, 2.05) is 67.8 Å². The summed E-state index contributed by atoms with van der Waals surface area (Å²) in [6, 6.07) is 12.9. The molecule has 7 nitrogen and oxygen atoms in total. The van der Waals surface area contributed by atoms with Crippen LogP contribution in [0.3, 0.4) is 0 Å². The number of fused-ring (bicyclic) bond motifs is 3. The Morgan fingerprint density at radius 1 is 1.19 bits per heavy atom. The Balaban J connectivity index is 1.93. The van der Waals surface area contributed by atoms with E-state index in [4.69, 9.17) is 21.3 Å². The standard InChI is InChI=1S/C23H24ClN5O2/c1-13(2)25-21(30)12-19-23-28-27-14(3)29(23)20-10-9-17(31-4)11-18(20)22(26-19)15-5-7-16(24)8-6-15/h5-11,13,19H,12H2,1-4H3,(H,25,30). The Morgan fingerprint density at radius 3 is 2.61 bits per heavy atom. The van der Waals surface area contributed by atoms with Crippen molar-refractivity contribution in [2.75, 3.05) is 7.11 Å². The minimum absolute atomic E-state index is 0.0408. The van der Waals surface area contributed by atoms with Crippen LogP contribution in [0, 0.1) is 6.92 Å². The number of halogens is 1. The molecule has 1 aromatic heterocycles. The first kappa shape index (κ1) is 21.1. The summed E-state index contributed by atoms with van der Waals surface area (Å²) in [5.74, 6) is 1.98. The topological polar surface area (TPSA) is 81.4 Å². The van der Waals surface area contributed by atoms with E-state index in [0.29, 0.717) is 16.6 Å². The molecule has 0 aliphatic carbocycles. The molecule has 0 spiro atoms. The van der Waals surface area contributed by atoms with Gasteiger partial charge in [0.05, 0.1) is 24.9 Å². The van der Waals surface area contributed by atoms with Crippen LogP contribution < -0.4 is 10.1 Å². The summed E-state index contributed by atoms with van der Waals surface area (Å²) in [6.45, 7) is 5.76. The third-order valence-corrected chi connectivity index (χ3v) is 5.33. The van der Waals surface area contributed by atoms with Gasteiger partial charge in [0.25, 0.3) is 0 Å². The summed E-state index contributed by atoms with van der Waals surface area (Å²) < 4.78 is 7.45. The van der Waals surface area contributed by atoms with Crippen molar-refractivity contribution in [2.24, 2.45) is 4.99 Å². The van der Waals surface area contributed by atoms with Crippen molar-refractivity contribution in [1.82, 2.24) is 20.1 Å². The molecule has 0 saturated carbocycles. The predicted octanol–water partition coefficient (Wildman–Crippen LogP) is 4.04. The molecular formula is C23H24ClN5O2. The van der Waals surface area contributed by atoms with Crippen LogP contribution in [0.5, 0.6) is 5.75 Å². The second kappa shape index (κ2) is 8.51. The van der Waals surface area contributed by atoms with E-state index in [-0.39, 0.29) is 18.4 Å². The fourth-order valence-corrected chi connectivity index (χ4v) is 3.86. The Morgan fingerprint density at radius 2 is 1.94 bits per heavy atom. The van der Waals surface area contributed by atoms with Gasteiger partial charge in [0.1, 0.15) is 17.6 Å². The highest BCUT2D eigenvalue weighted by molar-refractivity contribution is 6.30. The molecule has 0 radical (unpaired) electrons. The number of rotatable bonds is 5. The van der Waals surface area contributed by atoms with Crippen LogP contribution in [0.4, 0.5) is 0 Å². The molecule has 4 rings (SSSR count). The number of aryl methyl sites for hydroxylation is 1. The summed E-state index contributed by atoms with van der Waals surface area (Å²) >= 11 is 6.12. The average Bonchev–Trinajstić information content (AvgIpc) is 3.05. The Kier molecular flexibility index (Phi) is 5.78. The van der Waals surface area contributed by atoms with E-state index < -0.39 is 6.04 Å². The second-order valence-corrected chi connectivity index (χ2v) is 8.19. The first-order valence-corrected chi connectivity index (χ1v) is 10.5. The molecule has 2 heterocycles. The zero-order valence-electron chi connectivity index (χ0n) is 17.9. The molecule has 160 valence electrons. The summed E-state index contributed by atoms with van der Waals surface area (Å²) in [5.41, 5.74) is 3.40. The lowest BCUT2D eigenvalue weighted by Gasteiger charge is -2.14. The monoisotopic (exact) mass is 437 g/mol. The number of nitrogens with zero attached hydrogens (tertiary/aromatic N) is 4. The molecular weight excluding hydrogens is 414 g/mol. The third kappa shape index (κ3) is 4.18. The number of nitrogens with one attached hydrogen (secondary N) is 1. The summed E-state index contributed by atoms with van der Waals surface area (Å²) in [6.07, 6.45) is 0.165. The average molecular weight is 438 g/mol. The van der Waals surface area contributed by atoms with Crippen LogP contribution >= 0.6 is 11.6 Å². The van der Waals surface area contributed by atoms with Crippen molar-refractivity contribution in [2.45, 2.75) is 39.3 Å². The molecule has 31 heavy (non-hydrogen) atoms. The number of hydrogen-bond acceptors (Lipinski definition) is 5. The molecule has 8 heteroatoms. The molecule has 0 saturated heterocycles. The van der Waals surface area contributed by atoms with Gasteiger partial charge in [-0.05, 0) is 51.1 Å². The van der Waals surface area contributed by atoms with Gasteiger partial charge in [0.15, 0.2) is 5.82 Å². The Hall–Kier alpha value is -3.19. The van der Waals surface area contributed by atoms with Crippen LogP contribution in [0.25, 0.3) is 5.69 Å². The molecule has 3 aromatic rings. The van der Waals surface area contributed by atoms with Crippen LogP contribution in [-0.4, -0.2) is 39.5 Å². The van der Waals surface area contributed by atoms with Gasteiger partial charge in [0.2, 0.25) is 5.91 Å². The van der Waals surface area contributed by atoms with E-state index >= 15 is 0 Å². The zero-order chi connectivity index (χ0) is 22.1. The lowest BCUT2D eigenvalue weighted by molar-refractivity contribution is -0.121. The molecule has 1 N–H and O–H groups in total. The zero-order valence-corrected chi connectivity index (χ0v) is 18.6. The first-order valence-electron chi connectivity index (χ1n) is 10.1. The maximum Gasteiger partial charge on any atom is 0.222 e. The maximum atomic E-state index is 12.6. The van der Waals surface area contributed by atoms with Crippen molar-refractivity contribution in [3.05, 3.63) is 70.3 Å². The van der Waals surface area contributed by atoms with E-state index in [0.717, 1.165) is 28.4 Å². The van der Waals surface area contributed by atoms with E-state index in [9.17, 15) is 4.79 Å². The number of hydrogen-bond donors (Lipinski definition) is 1. The number of methoxy groups -OCH3 is 1. The van der Waals surface area contributed by atoms with Crippen molar-refractivity contribution in [3.63, 3.8) is 0 Å². The van der Waals surface area contributed by atoms with Crippen molar-refractivity contribution in [1.29, 1.82) is 0 Å². The Labute approximate surface area is 186 Å². The van der Waals surface area contributed by atoms with Crippen LogP contribution in [0.1, 0.15) is 49.1 Å². The highest BCUT2D eigenvalue weighted by Crippen LogP contribution is 2.34. The van der Waals surface area contributed by atoms with Gasteiger partial charge < -0.3 is 10.1 Å². The van der Waals surface area contributed by atoms with Gasteiger partial charge in [-0.2, -0.15) is 0 Å². The quantitative estimate of drug-likeness (QED) is 0.653. The molecule has 1 aliphatic rings. The van der Waals surface area contributed by atoms with E-state index in [1.165, 1.54) is 0 Å². The largest absolute Gasteiger partial charge is 0.497 e. The number of aromatic nitrogens is 3. The van der Waals surface area contributed by atoms with Crippen molar-refractivity contribution >= 4 is 23.2 Å². The van der Waals surface area contributed by atoms with Crippen molar-refractivity contribution in [3.8, 4) is 11.4 Å². The number of aliphatic imine (C=N–C) groups is 1. The first-order chi connectivity index (χ1) is 14.9. The molecule has 1 aliphatic heterocycles. The molecule has 1 unspecified atom stereocenters. The number of carbonyl (C=O) groups excluding carboxylic acids is 1. The number of amides is 1. The van der Waals surface area contributed by atoms with E-state index in [2.05, 4.69) is 15.5 Å². The smallest absolute Gasteiger partial charge is 0.222 e. The van der Waals surface area contributed by atoms with Crippen LogP contribution in [0.2, 0.25) is 5.02 Å². The fourth-order valence-electron chi connectivity index (χ4n) is 3.73. The van der Waals surface area contributed by atoms with Crippen molar-refractivity contribution < 1.29 is 9.53 Å². The number of ether oxygens (including phenoxy) is 1. The lowest BCUT2D eigenvalue weighted by Crippen LogP contribution is -2.31. The van der Waals surface area contributed by atoms with Crippen LogP contribution in [-0.2, 0) is 4.79 Å². The second-order valence-electron chi connectivity index (χ2n) is 7.75. The summed E-state index contributed by atoms with van der Waals surface area (Å²) in [4.78, 5) is 17.7. The molecule has 1 amide bonds.